The first kappa shape index (κ1) is 14.0. The second-order valence-corrected chi connectivity index (χ2v) is 5.38. The number of rotatable bonds is 4. The van der Waals surface area contributed by atoms with E-state index in [2.05, 4.69) is 22.0 Å². The first-order chi connectivity index (χ1) is 9.19. The van der Waals surface area contributed by atoms with E-state index in [0.717, 1.165) is 18.2 Å². The van der Waals surface area contributed by atoms with Gasteiger partial charge in [-0.1, -0.05) is 19.8 Å². The number of carbonyl (C=O) groups is 1. The minimum absolute atomic E-state index is 0.340. The van der Waals surface area contributed by atoms with Gasteiger partial charge in [0.1, 0.15) is 0 Å². The SMILES string of the molecule is COC(=O)c1ccc(CNC2CCCC(C)C2)nc1. The van der Waals surface area contributed by atoms with Crippen LogP contribution in [0.3, 0.4) is 0 Å². The van der Waals surface area contributed by atoms with Crippen molar-refractivity contribution in [3.63, 3.8) is 0 Å². The number of ether oxygens (including phenoxy) is 1. The Balaban J connectivity index is 1.84. The van der Waals surface area contributed by atoms with Crippen molar-refractivity contribution >= 4 is 5.97 Å². The van der Waals surface area contributed by atoms with E-state index in [0.29, 0.717) is 11.6 Å². The van der Waals surface area contributed by atoms with Crippen LogP contribution in [-0.4, -0.2) is 24.1 Å². The Morgan fingerprint density at radius 1 is 1.47 bits per heavy atom. The maximum absolute atomic E-state index is 11.3. The van der Waals surface area contributed by atoms with Crippen molar-refractivity contribution in [3.05, 3.63) is 29.6 Å². The molecule has 0 saturated heterocycles. The molecule has 4 nitrogen and oxygen atoms in total. The summed E-state index contributed by atoms with van der Waals surface area (Å²) in [6, 6.07) is 4.25. The lowest BCUT2D eigenvalue weighted by molar-refractivity contribution is 0.0600. The number of nitrogens with one attached hydrogen (secondary N) is 1. The zero-order valence-corrected chi connectivity index (χ0v) is 11.7. The van der Waals surface area contributed by atoms with Crippen molar-refractivity contribution < 1.29 is 9.53 Å². The molecule has 0 amide bonds. The molecule has 104 valence electrons. The Labute approximate surface area is 114 Å². The fourth-order valence-corrected chi connectivity index (χ4v) is 2.64. The minimum atomic E-state index is -0.340. The summed E-state index contributed by atoms with van der Waals surface area (Å²) in [6.45, 7) is 3.08. The first-order valence-corrected chi connectivity index (χ1v) is 6.95. The number of aromatic nitrogens is 1. The van der Waals surface area contributed by atoms with Gasteiger partial charge in [0.2, 0.25) is 0 Å². The highest BCUT2D eigenvalue weighted by Crippen LogP contribution is 2.23. The summed E-state index contributed by atoms with van der Waals surface area (Å²) in [7, 11) is 1.38. The van der Waals surface area contributed by atoms with Crippen LogP contribution in [0.15, 0.2) is 18.3 Å². The molecule has 1 aliphatic carbocycles. The van der Waals surface area contributed by atoms with Crippen LogP contribution in [0, 0.1) is 5.92 Å². The topological polar surface area (TPSA) is 51.2 Å². The van der Waals surface area contributed by atoms with E-state index in [1.165, 1.54) is 32.8 Å². The molecule has 0 aromatic carbocycles. The van der Waals surface area contributed by atoms with E-state index in [1.54, 1.807) is 12.3 Å². The third kappa shape index (κ3) is 4.03. The summed E-state index contributed by atoms with van der Waals surface area (Å²) in [6.07, 6.45) is 6.75. The maximum atomic E-state index is 11.3. The molecule has 0 bridgehead atoms. The van der Waals surface area contributed by atoms with Crippen LogP contribution in [-0.2, 0) is 11.3 Å². The Morgan fingerprint density at radius 2 is 2.32 bits per heavy atom. The molecule has 2 atom stereocenters. The molecule has 2 unspecified atom stereocenters. The lowest BCUT2D eigenvalue weighted by Crippen LogP contribution is -2.33. The summed E-state index contributed by atoms with van der Waals surface area (Å²) in [4.78, 5) is 15.6. The van der Waals surface area contributed by atoms with Crippen molar-refractivity contribution in [1.29, 1.82) is 0 Å². The quantitative estimate of drug-likeness (QED) is 0.847. The molecule has 1 fully saturated rings. The molecule has 1 aromatic rings. The smallest absolute Gasteiger partial charge is 0.339 e. The lowest BCUT2D eigenvalue weighted by atomic mass is 9.87. The van der Waals surface area contributed by atoms with E-state index in [1.807, 2.05) is 6.07 Å². The average molecular weight is 262 g/mol. The molecule has 1 heterocycles. The van der Waals surface area contributed by atoms with Crippen LogP contribution in [0.2, 0.25) is 0 Å². The van der Waals surface area contributed by atoms with E-state index in [4.69, 9.17) is 0 Å². The normalized spacial score (nSPS) is 23.1. The predicted octanol–water partition coefficient (Wildman–Crippen LogP) is 2.54. The Kier molecular flexibility index (Phi) is 4.91. The maximum Gasteiger partial charge on any atom is 0.339 e. The molecule has 2 rings (SSSR count). The molecular formula is C15H22N2O2. The molecule has 1 N–H and O–H groups in total. The molecule has 0 aliphatic heterocycles. The third-order valence-corrected chi connectivity index (χ3v) is 3.75. The van der Waals surface area contributed by atoms with Crippen LogP contribution in [0.4, 0.5) is 0 Å². The molecule has 0 radical (unpaired) electrons. The summed E-state index contributed by atoms with van der Waals surface area (Å²) >= 11 is 0. The van der Waals surface area contributed by atoms with Gasteiger partial charge in [-0.15, -0.1) is 0 Å². The Bertz CT molecular complexity index is 417. The second-order valence-electron chi connectivity index (χ2n) is 5.38. The van der Waals surface area contributed by atoms with E-state index in [9.17, 15) is 4.79 Å². The van der Waals surface area contributed by atoms with Gasteiger partial charge in [0.15, 0.2) is 0 Å². The van der Waals surface area contributed by atoms with Crippen molar-refractivity contribution in [2.75, 3.05) is 7.11 Å². The predicted molar refractivity (Wildman–Crippen MR) is 73.8 cm³/mol. The van der Waals surface area contributed by atoms with Crippen LogP contribution in [0.1, 0.15) is 48.7 Å². The van der Waals surface area contributed by atoms with Gasteiger partial charge >= 0.3 is 5.97 Å². The highest BCUT2D eigenvalue weighted by molar-refractivity contribution is 5.88. The van der Waals surface area contributed by atoms with E-state index < -0.39 is 0 Å². The zero-order chi connectivity index (χ0) is 13.7. The molecule has 19 heavy (non-hydrogen) atoms. The van der Waals surface area contributed by atoms with Gasteiger partial charge in [-0.3, -0.25) is 4.98 Å². The average Bonchev–Trinajstić information content (AvgIpc) is 2.45. The lowest BCUT2D eigenvalue weighted by Gasteiger charge is -2.27. The summed E-state index contributed by atoms with van der Waals surface area (Å²) in [5.74, 6) is 0.481. The van der Waals surface area contributed by atoms with Gasteiger partial charge in [0.25, 0.3) is 0 Å². The molecule has 1 aliphatic rings. The van der Waals surface area contributed by atoms with Gasteiger partial charge in [-0.05, 0) is 30.9 Å². The third-order valence-electron chi connectivity index (χ3n) is 3.75. The summed E-state index contributed by atoms with van der Waals surface area (Å²) in [5.41, 5.74) is 1.46. The molecule has 0 spiro atoms. The monoisotopic (exact) mass is 262 g/mol. The number of pyridine rings is 1. The first-order valence-electron chi connectivity index (χ1n) is 6.95. The number of methoxy groups -OCH3 is 1. The Morgan fingerprint density at radius 3 is 2.95 bits per heavy atom. The fraction of sp³-hybridized carbons (Fsp3) is 0.600. The van der Waals surface area contributed by atoms with Crippen LogP contribution < -0.4 is 5.32 Å². The summed E-state index contributed by atoms with van der Waals surface area (Å²) in [5, 5.41) is 3.55. The van der Waals surface area contributed by atoms with Crippen molar-refractivity contribution in [2.45, 2.75) is 45.2 Å². The highest BCUT2D eigenvalue weighted by atomic mass is 16.5. The highest BCUT2D eigenvalue weighted by Gasteiger charge is 2.18. The number of nitrogens with zero attached hydrogens (tertiary/aromatic N) is 1. The van der Waals surface area contributed by atoms with E-state index >= 15 is 0 Å². The molecule has 1 saturated carbocycles. The largest absolute Gasteiger partial charge is 0.465 e. The van der Waals surface area contributed by atoms with Gasteiger partial charge in [0, 0.05) is 18.8 Å². The van der Waals surface area contributed by atoms with Crippen LogP contribution >= 0.6 is 0 Å². The molecule has 4 heteroatoms. The molecular weight excluding hydrogens is 240 g/mol. The zero-order valence-electron chi connectivity index (χ0n) is 11.7. The van der Waals surface area contributed by atoms with Gasteiger partial charge < -0.3 is 10.1 Å². The fourth-order valence-electron chi connectivity index (χ4n) is 2.64. The van der Waals surface area contributed by atoms with Crippen molar-refractivity contribution in [1.82, 2.24) is 10.3 Å². The molecule has 1 aromatic heterocycles. The van der Waals surface area contributed by atoms with Crippen molar-refractivity contribution in [3.8, 4) is 0 Å². The van der Waals surface area contributed by atoms with Gasteiger partial charge in [-0.25, -0.2) is 4.79 Å². The van der Waals surface area contributed by atoms with Crippen molar-refractivity contribution in [2.24, 2.45) is 5.92 Å². The number of hydrogen-bond acceptors (Lipinski definition) is 4. The summed E-state index contributed by atoms with van der Waals surface area (Å²) < 4.78 is 4.65. The van der Waals surface area contributed by atoms with Crippen LogP contribution in [0.25, 0.3) is 0 Å². The number of carbonyl (C=O) groups excluding carboxylic acids is 1. The van der Waals surface area contributed by atoms with E-state index in [-0.39, 0.29) is 5.97 Å². The second kappa shape index (κ2) is 6.66. The van der Waals surface area contributed by atoms with Crippen LogP contribution in [0.5, 0.6) is 0 Å². The Hall–Kier alpha value is -1.42. The van der Waals surface area contributed by atoms with Gasteiger partial charge in [0.05, 0.1) is 18.4 Å². The van der Waals surface area contributed by atoms with Gasteiger partial charge in [-0.2, -0.15) is 0 Å². The standard InChI is InChI=1S/C15H22N2O2/c1-11-4-3-5-13(8-11)17-10-14-7-6-12(9-16-14)15(18)19-2/h6-7,9,11,13,17H,3-5,8,10H2,1-2H3. The minimum Gasteiger partial charge on any atom is -0.465 e. The number of esters is 1. The number of hydrogen-bond donors (Lipinski definition) is 1.